The SMILES string of the molecule is C=CCOc1ccc2c(c1)C1C(CCCCO)C(CCCCO)C=C3C(=NOCc4ccc([N+](=O)[O-])cc4)CC(N(CCOCCO)C(=O)Oc4ccc([N+](=O)[O-])cc4)C(OCC=C)(O2)C31. The molecule has 0 bridgehead atoms. The first-order valence-corrected chi connectivity index (χ1v) is 22.2. The number of ether oxygens (including phenoxy) is 5. The third kappa shape index (κ3) is 11.6. The molecule has 3 N–H and O–H groups in total. The summed E-state index contributed by atoms with van der Waals surface area (Å²) in [6.45, 7) is 7.62. The van der Waals surface area contributed by atoms with Crippen LogP contribution in [0.25, 0.3) is 0 Å². The van der Waals surface area contributed by atoms with Gasteiger partial charge in [0.15, 0.2) is 0 Å². The molecule has 6 atom stereocenters. The molecule has 18 heteroatoms. The van der Waals surface area contributed by atoms with Gasteiger partial charge in [0.1, 0.15) is 36.5 Å². The number of rotatable bonds is 26. The van der Waals surface area contributed by atoms with Gasteiger partial charge in [-0.2, -0.15) is 0 Å². The maximum Gasteiger partial charge on any atom is 0.415 e. The van der Waals surface area contributed by atoms with Crippen LogP contribution >= 0.6 is 0 Å². The van der Waals surface area contributed by atoms with Crippen LogP contribution in [0.15, 0.2) is 109 Å². The molecule has 66 heavy (non-hydrogen) atoms. The van der Waals surface area contributed by atoms with Gasteiger partial charge in [0.05, 0.1) is 47.9 Å². The van der Waals surface area contributed by atoms with Crippen molar-refractivity contribution >= 4 is 23.2 Å². The summed E-state index contributed by atoms with van der Waals surface area (Å²) in [5.74, 6) is -1.73. The summed E-state index contributed by atoms with van der Waals surface area (Å²) in [5, 5.41) is 57.0. The van der Waals surface area contributed by atoms with Gasteiger partial charge in [-0.1, -0.05) is 42.8 Å². The van der Waals surface area contributed by atoms with Gasteiger partial charge in [-0.3, -0.25) is 25.1 Å². The normalized spacial score (nSPS) is 22.2. The minimum Gasteiger partial charge on any atom is -0.490 e. The molecule has 0 spiro atoms. The number of fused-ring (bicyclic) bond motifs is 2. The van der Waals surface area contributed by atoms with Crippen molar-refractivity contribution in [3.05, 3.63) is 135 Å². The molecule has 0 radical (unpaired) electrons. The Balaban J connectivity index is 1.56. The zero-order valence-electron chi connectivity index (χ0n) is 36.8. The molecule has 18 nitrogen and oxygen atoms in total. The Labute approximate surface area is 383 Å². The highest BCUT2D eigenvalue weighted by Gasteiger charge is 2.65. The average molecular weight is 915 g/mol. The predicted molar refractivity (Wildman–Crippen MR) is 242 cm³/mol. The van der Waals surface area contributed by atoms with Crippen molar-refractivity contribution in [1.82, 2.24) is 4.90 Å². The zero-order chi connectivity index (χ0) is 47.1. The van der Waals surface area contributed by atoms with E-state index in [0.717, 1.165) is 24.0 Å². The Morgan fingerprint density at radius 3 is 2.18 bits per heavy atom. The number of aliphatic hydroxyl groups is 3. The number of oxime groups is 1. The molecule has 1 saturated carbocycles. The van der Waals surface area contributed by atoms with E-state index in [1.165, 1.54) is 41.3 Å². The van der Waals surface area contributed by atoms with Gasteiger partial charge < -0.3 is 43.8 Å². The van der Waals surface area contributed by atoms with Crippen molar-refractivity contribution in [3.8, 4) is 17.2 Å². The monoisotopic (exact) mass is 914 g/mol. The molecular weight excluding hydrogens is 857 g/mol. The van der Waals surface area contributed by atoms with Gasteiger partial charge in [0.2, 0.25) is 5.79 Å². The first-order valence-electron chi connectivity index (χ1n) is 22.2. The van der Waals surface area contributed by atoms with Gasteiger partial charge in [-0.25, -0.2) is 4.79 Å². The second-order valence-corrected chi connectivity index (χ2v) is 16.2. The number of nitrogens with zero attached hydrogens (tertiary/aromatic N) is 4. The number of nitro groups is 2. The standard InChI is InChI=1S/C48H58N4O14/c1-3-25-62-38-19-20-43-41(30-38)45-39(10-6-8-23-54)34(9-5-7-22-53)29-40-42(49-64-32-33-11-13-35(14-12-33)51(57)58)31-44(48(66-43,46(40)45)63-26-4-2)50(21-27-61-28-24-55)47(56)65-37-17-15-36(16-18-37)52(59)60/h3-4,11-20,29-30,34,39,44-46,53-55H,1-2,5-10,21-28,31-32H2. The summed E-state index contributed by atoms with van der Waals surface area (Å²) in [6, 6.07) is 15.6. The number of amides is 1. The molecule has 3 aliphatic rings. The van der Waals surface area contributed by atoms with E-state index < -0.39 is 33.7 Å². The largest absolute Gasteiger partial charge is 0.490 e. The molecule has 6 rings (SSSR count). The van der Waals surface area contributed by atoms with Crippen LogP contribution in [0.4, 0.5) is 16.2 Å². The average Bonchev–Trinajstić information content (AvgIpc) is 3.32. The number of aliphatic hydroxyl groups excluding tert-OH is 3. The van der Waals surface area contributed by atoms with Crippen molar-refractivity contribution in [3.63, 3.8) is 0 Å². The summed E-state index contributed by atoms with van der Waals surface area (Å²) in [7, 11) is 0. The molecule has 1 fully saturated rings. The summed E-state index contributed by atoms with van der Waals surface area (Å²) in [5.41, 5.74) is 2.43. The van der Waals surface area contributed by atoms with Crippen LogP contribution in [0.3, 0.4) is 0 Å². The zero-order valence-corrected chi connectivity index (χ0v) is 36.8. The van der Waals surface area contributed by atoms with Crippen molar-refractivity contribution in [2.75, 3.05) is 52.8 Å². The third-order valence-electron chi connectivity index (χ3n) is 12.1. The Hall–Kier alpha value is -6.18. The van der Waals surface area contributed by atoms with Crippen LogP contribution in [0, 0.1) is 38.0 Å². The lowest BCUT2D eigenvalue weighted by molar-refractivity contribution is -0.385. The van der Waals surface area contributed by atoms with Crippen LogP contribution in [-0.2, 0) is 20.9 Å². The van der Waals surface area contributed by atoms with Crippen LogP contribution in [0.5, 0.6) is 17.2 Å². The molecule has 1 aliphatic heterocycles. The smallest absolute Gasteiger partial charge is 0.415 e. The van der Waals surface area contributed by atoms with Crippen LogP contribution in [0.2, 0.25) is 0 Å². The first-order chi connectivity index (χ1) is 32.1. The van der Waals surface area contributed by atoms with Gasteiger partial charge in [0.25, 0.3) is 11.4 Å². The molecule has 1 amide bonds. The van der Waals surface area contributed by atoms with Gasteiger partial charge in [-0.15, -0.1) is 6.58 Å². The van der Waals surface area contributed by atoms with Crippen molar-refractivity contribution in [2.24, 2.45) is 22.9 Å². The highest BCUT2D eigenvalue weighted by atomic mass is 16.7. The lowest BCUT2D eigenvalue weighted by atomic mass is 9.55. The lowest BCUT2D eigenvalue weighted by Gasteiger charge is -2.59. The summed E-state index contributed by atoms with van der Waals surface area (Å²) < 4.78 is 32.0. The quantitative estimate of drug-likeness (QED) is 0.0308. The number of hydrogen-bond acceptors (Lipinski definition) is 15. The fourth-order valence-corrected chi connectivity index (χ4v) is 9.29. The number of non-ortho nitro benzene ring substituents is 2. The van der Waals surface area contributed by atoms with Crippen LogP contribution < -0.4 is 14.2 Å². The lowest BCUT2D eigenvalue weighted by Crippen LogP contribution is -2.70. The molecule has 2 aliphatic carbocycles. The third-order valence-corrected chi connectivity index (χ3v) is 12.1. The summed E-state index contributed by atoms with van der Waals surface area (Å²) in [4.78, 5) is 44.1. The van der Waals surface area contributed by atoms with E-state index in [9.17, 15) is 40.3 Å². The summed E-state index contributed by atoms with van der Waals surface area (Å²) >= 11 is 0. The maximum atomic E-state index is 14.8. The topological polar surface area (TPSA) is 235 Å². The van der Waals surface area contributed by atoms with Gasteiger partial charge >= 0.3 is 6.09 Å². The highest BCUT2D eigenvalue weighted by Crippen LogP contribution is 2.62. The molecule has 0 saturated heterocycles. The van der Waals surface area contributed by atoms with Crippen LogP contribution in [-0.4, -0.2) is 106 Å². The molecular formula is C48H58N4O14. The maximum absolute atomic E-state index is 14.8. The van der Waals surface area contributed by atoms with E-state index in [1.54, 1.807) is 30.4 Å². The van der Waals surface area contributed by atoms with Crippen molar-refractivity contribution in [2.45, 2.75) is 69.3 Å². The molecule has 354 valence electrons. The molecule has 3 aromatic carbocycles. The van der Waals surface area contributed by atoms with E-state index >= 15 is 0 Å². The number of nitro benzene ring substituents is 2. The number of hydrogen-bond donors (Lipinski definition) is 3. The number of unbranched alkanes of at least 4 members (excludes halogenated alkanes) is 2. The molecule has 1 heterocycles. The Kier molecular flexibility index (Phi) is 17.8. The molecule has 6 unspecified atom stereocenters. The number of allylic oxidation sites excluding steroid dienone is 1. The van der Waals surface area contributed by atoms with Crippen molar-refractivity contribution in [1.29, 1.82) is 0 Å². The predicted octanol–water partition coefficient (Wildman–Crippen LogP) is 7.41. The van der Waals surface area contributed by atoms with E-state index in [-0.39, 0.29) is 101 Å². The Morgan fingerprint density at radius 2 is 1.53 bits per heavy atom. The van der Waals surface area contributed by atoms with E-state index in [1.807, 2.05) is 12.1 Å². The van der Waals surface area contributed by atoms with Gasteiger partial charge in [-0.05, 0) is 91.1 Å². The van der Waals surface area contributed by atoms with Crippen molar-refractivity contribution < 1.29 is 58.5 Å². The minimum absolute atomic E-state index is 0.00375. The number of carbonyl (C=O) groups is 1. The second kappa shape index (κ2) is 23.8. The van der Waals surface area contributed by atoms with Gasteiger partial charge in [0, 0.05) is 61.9 Å². The molecule has 0 aromatic heterocycles. The second-order valence-electron chi connectivity index (χ2n) is 16.2. The number of benzene rings is 3. The first kappa shape index (κ1) is 49.3. The fraction of sp³-hybridized carbons (Fsp3) is 0.458. The van der Waals surface area contributed by atoms with E-state index in [0.29, 0.717) is 48.5 Å². The van der Waals surface area contributed by atoms with E-state index in [4.69, 9.17) is 33.7 Å². The summed E-state index contributed by atoms with van der Waals surface area (Å²) in [6.07, 6.45) is 8.58. The number of carbonyl (C=O) groups excluding carboxylic acids is 1. The Morgan fingerprint density at radius 1 is 0.864 bits per heavy atom. The minimum atomic E-state index is -1.66. The highest BCUT2D eigenvalue weighted by molar-refractivity contribution is 6.03. The Bertz CT molecular complexity index is 2200. The molecule has 3 aromatic rings. The fourth-order valence-electron chi connectivity index (χ4n) is 9.29. The van der Waals surface area contributed by atoms with Crippen LogP contribution in [0.1, 0.15) is 62.0 Å². The van der Waals surface area contributed by atoms with E-state index in [2.05, 4.69) is 19.2 Å².